The van der Waals surface area contributed by atoms with Crippen molar-refractivity contribution in [3.05, 3.63) is 11.9 Å². The maximum atomic E-state index is 11.9. The lowest BCUT2D eigenvalue weighted by molar-refractivity contribution is -0.135. The summed E-state index contributed by atoms with van der Waals surface area (Å²) in [7, 11) is 0. The first-order chi connectivity index (χ1) is 10.2. The quantitative estimate of drug-likeness (QED) is 0.641. The molecular weight excluding hydrogens is 276 g/mol. The monoisotopic (exact) mass is 296 g/mol. The standard InChI is InChI=1S/C12H20N6O3/c13-2-4-18-9-10(15-16-18)12(20)14-3-1-11(19)17-5-7-21-8-6-17/h9H,1-8,13H2,(H,14,20). The molecule has 1 fully saturated rings. The van der Waals surface area contributed by atoms with Crippen molar-refractivity contribution in [2.24, 2.45) is 5.73 Å². The number of nitrogens with two attached hydrogens (primary N) is 1. The van der Waals surface area contributed by atoms with Gasteiger partial charge in [0.15, 0.2) is 5.69 Å². The van der Waals surface area contributed by atoms with E-state index in [2.05, 4.69) is 15.6 Å². The van der Waals surface area contributed by atoms with Crippen molar-refractivity contribution in [2.75, 3.05) is 39.4 Å². The molecule has 1 aromatic heterocycles. The van der Waals surface area contributed by atoms with Crippen LogP contribution in [0.3, 0.4) is 0 Å². The third kappa shape index (κ3) is 4.50. The number of carbonyl (C=O) groups is 2. The van der Waals surface area contributed by atoms with E-state index in [0.717, 1.165) is 0 Å². The lowest BCUT2D eigenvalue weighted by Gasteiger charge is -2.26. The minimum Gasteiger partial charge on any atom is -0.378 e. The van der Waals surface area contributed by atoms with Crippen molar-refractivity contribution in [1.82, 2.24) is 25.2 Å². The Bertz CT molecular complexity index is 483. The number of ether oxygens (including phenoxy) is 1. The Morgan fingerprint density at radius 1 is 1.38 bits per heavy atom. The predicted molar refractivity (Wildman–Crippen MR) is 73.4 cm³/mol. The fourth-order valence-corrected chi connectivity index (χ4v) is 1.99. The summed E-state index contributed by atoms with van der Waals surface area (Å²) in [5.74, 6) is -0.321. The van der Waals surface area contributed by atoms with Crippen LogP contribution in [-0.4, -0.2) is 71.1 Å². The molecule has 21 heavy (non-hydrogen) atoms. The largest absolute Gasteiger partial charge is 0.378 e. The van der Waals surface area contributed by atoms with Gasteiger partial charge in [0.05, 0.1) is 26.0 Å². The molecular formula is C12H20N6O3. The topological polar surface area (TPSA) is 115 Å². The van der Waals surface area contributed by atoms with Crippen molar-refractivity contribution < 1.29 is 14.3 Å². The lowest BCUT2D eigenvalue weighted by Crippen LogP contribution is -2.42. The molecule has 1 saturated heterocycles. The summed E-state index contributed by atoms with van der Waals surface area (Å²) in [4.78, 5) is 25.4. The zero-order valence-electron chi connectivity index (χ0n) is 11.8. The molecule has 0 bridgehead atoms. The van der Waals surface area contributed by atoms with Crippen LogP contribution in [0.1, 0.15) is 16.9 Å². The first-order valence-electron chi connectivity index (χ1n) is 6.94. The molecule has 0 atom stereocenters. The second kappa shape index (κ2) is 7.70. The van der Waals surface area contributed by atoms with E-state index in [9.17, 15) is 9.59 Å². The third-order valence-corrected chi connectivity index (χ3v) is 3.12. The Morgan fingerprint density at radius 2 is 2.14 bits per heavy atom. The summed E-state index contributed by atoms with van der Waals surface area (Å²) < 4.78 is 6.69. The number of aromatic nitrogens is 3. The molecule has 1 aliphatic rings. The van der Waals surface area contributed by atoms with Gasteiger partial charge < -0.3 is 20.7 Å². The number of nitrogens with zero attached hydrogens (tertiary/aromatic N) is 4. The van der Waals surface area contributed by atoms with Crippen molar-refractivity contribution in [3.63, 3.8) is 0 Å². The van der Waals surface area contributed by atoms with Crippen LogP contribution >= 0.6 is 0 Å². The van der Waals surface area contributed by atoms with Crippen molar-refractivity contribution in [3.8, 4) is 0 Å². The minimum atomic E-state index is -0.340. The normalized spacial score (nSPS) is 15.0. The molecule has 0 aliphatic carbocycles. The highest BCUT2D eigenvalue weighted by atomic mass is 16.5. The molecule has 1 aliphatic heterocycles. The lowest BCUT2D eigenvalue weighted by atomic mass is 10.3. The number of hydrogen-bond acceptors (Lipinski definition) is 6. The van der Waals surface area contributed by atoms with Gasteiger partial charge in [0.2, 0.25) is 5.91 Å². The summed E-state index contributed by atoms with van der Waals surface area (Å²) in [5, 5.41) is 10.2. The van der Waals surface area contributed by atoms with Gasteiger partial charge in [-0.2, -0.15) is 0 Å². The van der Waals surface area contributed by atoms with Crippen molar-refractivity contribution in [1.29, 1.82) is 0 Å². The van der Waals surface area contributed by atoms with Crippen molar-refractivity contribution in [2.45, 2.75) is 13.0 Å². The van der Waals surface area contributed by atoms with E-state index in [-0.39, 0.29) is 30.5 Å². The Hall–Kier alpha value is -2.00. The molecule has 2 heterocycles. The minimum absolute atomic E-state index is 0.0189. The van der Waals surface area contributed by atoms with Gasteiger partial charge in [0.1, 0.15) is 0 Å². The number of rotatable bonds is 6. The average molecular weight is 296 g/mol. The van der Waals surface area contributed by atoms with E-state index < -0.39 is 0 Å². The Balaban J connectivity index is 1.71. The third-order valence-electron chi connectivity index (χ3n) is 3.12. The van der Waals surface area contributed by atoms with Gasteiger partial charge in [-0.05, 0) is 0 Å². The van der Waals surface area contributed by atoms with Gasteiger partial charge in [-0.25, -0.2) is 0 Å². The Kier molecular flexibility index (Phi) is 5.64. The average Bonchev–Trinajstić information content (AvgIpc) is 2.97. The number of morpholine rings is 1. The van der Waals surface area contributed by atoms with Crippen LogP contribution in [-0.2, 0) is 16.1 Å². The van der Waals surface area contributed by atoms with E-state index in [0.29, 0.717) is 39.4 Å². The second-order valence-electron chi connectivity index (χ2n) is 4.65. The zero-order chi connectivity index (χ0) is 15.1. The van der Waals surface area contributed by atoms with Crippen LogP contribution in [0.15, 0.2) is 6.20 Å². The first kappa shape index (κ1) is 15.4. The van der Waals surface area contributed by atoms with E-state index in [1.807, 2.05) is 0 Å². The number of amides is 2. The fourth-order valence-electron chi connectivity index (χ4n) is 1.99. The van der Waals surface area contributed by atoms with E-state index in [1.165, 1.54) is 10.9 Å². The van der Waals surface area contributed by atoms with E-state index in [1.54, 1.807) is 4.90 Å². The summed E-state index contributed by atoms with van der Waals surface area (Å²) in [6.45, 7) is 3.58. The molecule has 0 saturated carbocycles. The van der Waals surface area contributed by atoms with Crippen molar-refractivity contribution >= 4 is 11.8 Å². The highest BCUT2D eigenvalue weighted by molar-refractivity contribution is 5.92. The first-order valence-corrected chi connectivity index (χ1v) is 6.94. The summed E-state index contributed by atoms with van der Waals surface area (Å²) >= 11 is 0. The van der Waals surface area contributed by atoms with Gasteiger partial charge in [-0.1, -0.05) is 5.21 Å². The fraction of sp³-hybridized carbons (Fsp3) is 0.667. The summed E-state index contributed by atoms with van der Waals surface area (Å²) in [6.07, 6.45) is 1.80. The molecule has 9 nitrogen and oxygen atoms in total. The molecule has 2 rings (SSSR count). The van der Waals surface area contributed by atoms with Crippen LogP contribution in [0.25, 0.3) is 0 Å². The van der Waals surface area contributed by atoms with Gasteiger partial charge in [-0.15, -0.1) is 5.10 Å². The van der Waals surface area contributed by atoms with Crippen LogP contribution in [0, 0.1) is 0 Å². The van der Waals surface area contributed by atoms with Crippen LogP contribution < -0.4 is 11.1 Å². The molecule has 0 unspecified atom stereocenters. The summed E-state index contributed by atoms with van der Waals surface area (Å²) in [5.41, 5.74) is 5.61. The molecule has 1 aromatic rings. The SMILES string of the molecule is NCCn1cc(C(=O)NCCC(=O)N2CCOCC2)nn1. The predicted octanol–water partition coefficient (Wildman–Crippen LogP) is -1.78. The van der Waals surface area contributed by atoms with Gasteiger partial charge in [-0.3, -0.25) is 14.3 Å². The number of carbonyl (C=O) groups excluding carboxylic acids is 2. The molecule has 0 aromatic carbocycles. The van der Waals surface area contributed by atoms with Gasteiger partial charge in [0.25, 0.3) is 5.91 Å². The van der Waals surface area contributed by atoms with Crippen LogP contribution in [0.2, 0.25) is 0 Å². The highest BCUT2D eigenvalue weighted by Gasteiger charge is 2.17. The molecule has 9 heteroatoms. The smallest absolute Gasteiger partial charge is 0.273 e. The van der Waals surface area contributed by atoms with Gasteiger partial charge in [0, 0.05) is 32.6 Å². The molecule has 0 radical (unpaired) electrons. The maximum absolute atomic E-state index is 11.9. The van der Waals surface area contributed by atoms with E-state index in [4.69, 9.17) is 10.5 Å². The number of nitrogens with one attached hydrogen (secondary N) is 1. The molecule has 2 amide bonds. The van der Waals surface area contributed by atoms with Crippen LogP contribution in [0.5, 0.6) is 0 Å². The zero-order valence-corrected chi connectivity index (χ0v) is 11.8. The van der Waals surface area contributed by atoms with Crippen LogP contribution in [0.4, 0.5) is 0 Å². The van der Waals surface area contributed by atoms with E-state index >= 15 is 0 Å². The second-order valence-corrected chi connectivity index (χ2v) is 4.65. The highest BCUT2D eigenvalue weighted by Crippen LogP contribution is 2.00. The molecule has 0 spiro atoms. The number of hydrogen-bond donors (Lipinski definition) is 2. The maximum Gasteiger partial charge on any atom is 0.273 e. The van der Waals surface area contributed by atoms with Gasteiger partial charge >= 0.3 is 0 Å². The molecule has 116 valence electrons. The summed E-state index contributed by atoms with van der Waals surface area (Å²) in [6, 6.07) is 0. The Morgan fingerprint density at radius 3 is 2.86 bits per heavy atom. The molecule has 3 N–H and O–H groups in total. The Labute approximate surface area is 122 Å².